The van der Waals surface area contributed by atoms with Gasteiger partial charge in [-0.15, -0.1) is 12.4 Å². The quantitative estimate of drug-likeness (QED) is 0.732. The molecule has 0 bridgehead atoms. The molecule has 0 aromatic rings. The van der Waals surface area contributed by atoms with E-state index in [0.717, 1.165) is 19.5 Å². The van der Waals surface area contributed by atoms with Gasteiger partial charge in [0.25, 0.3) is 0 Å². The van der Waals surface area contributed by atoms with E-state index in [4.69, 9.17) is 0 Å². The van der Waals surface area contributed by atoms with Crippen LogP contribution in [0, 0.1) is 5.92 Å². The fourth-order valence-corrected chi connectivity index (χ4v) is 2.65. The standard InChI is InChI=1S/C8H18N2O2S.ClH/c1-2-5-13(11,12)10-7-8-3-4-9-6-8;/h8-10H,2-7H2,1H3;1H. The van der Waals surface area contributed by atoms with E-state index in [1.54, 1.807) is 0 Å². The number of rotatable bonds is 5. The molecule has 1 aliphatic rings. The first-order valence-corrected chi connectivity index (χ1v) is 6.47. The van der Waals surface area contributed by atoms with E-state index in [0.29, 0.717) is 18.9 Å². The SMILES string of the molecule is CCCS(=O)(=O)NCC1CCNC1.Cl. The van der Waals surface area contributed by atoms with Crippen LogP contribution in [-0.2, 0) is 10.0 Å². The summed E-state index contributed by atoms with van der Waals surface area (Å²) in [6, 6.07) is 0. The van der Waals surface area contributed by atoms with Gasteiger partial charge in [-0.2, -0.15) is 0 Å². The Kier molecular flexibility index (Phi) is 6.68. The van der Waals surface area contributed by atoms with Gasteiger partial charge in [-0.25, -0.2) is 13.1 Å². The molecule has 0 saturated carbocycles. The summed E-state index contributed by atoms with van der Waals surface area (Å²) < 4.78 is 25.1. The maximum Gasteiger partial charge on any atom is 0.211 e. The van der Waals surface area contributed by atoms with E-state index in [1.165, 1.54) is 0 Å². The van der Waals surface area contributed by atoms with Gasteiger partial charge in [0.15, 0.2) is 0 Å². The molecule has 0 aliphatic carbocycles. The highest BCUT2D eigenvalue weighted by atomic mass is 35.5. The van der Waals surface area contributed by atoms with Crippen molar-refractivity contribution in [2.45, 2.75) is 19.8 Å². The third kappa shape index (κ3) is 5.14. The second kappa shape index (κ2) is 6.61. The molecule has 1 rings (SSSR count). The molecule has 0 amide bonds. The molecule has 2 N–H and O–H groups in total. The van der Waals surface area contributed by atoms with Crippen LogP contribution in [0.3, 0.4) is 0 Å². The molecule has 1 fully saturated rings. The number of nitrogens with one attached hydrogen (secondary N) is 2. The number of sulfonamides is 1. The molecule has 6 heteroatoms. The summed E-state index contributed by atoms with van der Waals surface area (Å²) in [5.74, 6) is 0.722. The van der Waals surface area contributed by atoms with Crippen LogP contribution in [0.2, 0.25) is 0 Å². The van der Waals surface area contributed by atoms with Gasteiger partial charge in [-0.3, -0.25) is 0 Å². The summed E-state index contributed by atoms with van der Waals surface area (Å²) >= 11 is 0. The van der Waals surface area contributed by atoms with Gasteiger partial charge in [-0.05, 0) is 31.8 Å². The Morgan fingerprint density at radius 2 is 2.21 bits per heavy atom. The fraction of sp³-hybridized carbons (Fsp3) is 1.00. The molecular formula is C8H19ClN2O2S. The van der Waals surface area contributed by atoms with E-state index < -0.39 is 10.0 Å². The monoisotopic (exact) mass is 242 g/mol. The lowest BCUT2D eigenvalue weighted by Crippen LogP contribution is -2.31. The van der Waals surface area contributed by atoms with Crippen LogP contribution in [0.15, 0.2) is 0 Å². The maximum atomic E-state index is 11.3. The zero-order valence-corrected chi connectivity index (χ0v) is 10.1. The molecule has 1 heterocycles. The largest absolute Gasteiger partial charge is 0.316 e. The predicted octanol–water partition coefficient (Wildman–Crippen LogP) is 0.347. The van der Waals surface area contributed by atoms with Crippen molar-refractivity contribution < 1.29 is 8.42 Å². The average Bonchev–Trinajstić information content (AvgIpc) is 2.52. The van der Waals surface area contributed by atoms with Gasteiger partial charge in [0.2, 0.25) is 10.0 Å². The van der Waals surface area contributed by atoms with Crippen LogP contribution < -0.4 is 10.0 Å². The lowest BCUT2D eigenvalue weighted by atomic mass is 10.1. The minimum atomic E-state index is -3.00. The van der Waals surface area contributed by atoms with Gasteiger partial charge in [-0.1, -0.05) is 6.92 Å². The number of hydrogen-bond donors (Lipinski definition) is 2. The molecule has 4 nitrogen and oxygen atoms in total. The highest BCUT2D eigenvalue weighted by Gasteiger charge is 2.17. The fourth-order valence-electron chi connectivity index (χ4n) is 1.47. The molecule has 0 spiro atoms. The predicted molar refractivity (Wildman–Crippen MR) is 60.3 cm³/mol. The highest BCUT2D eigenvalue weighted by Crippen LogP contribution is 2.05. The number of halogens is 1. The summed E-state index contributed by atoms with van der Waals surface area (Å²) in [5.41, 5.74) is 0. The van der Waals surface area contributed by atoms with Crippen molar-refractivity contribution in [1.29, 1.82) is 0 Å². The Morgan fingerprint density at radius 1 is 1.50 bits per heavy atom. The highest BCUT2D eigenvalue weighted by molar-refractivity contribution is 7.89. The first-order chi connectivity index (χ1) is 6.14. The zero-order valence-electron chi connectivity index (χ0n) is 8.45. The van der Waals surface area contributed by atoms with Gasteiger partial charge < -0.3 is 5.32 Å². The van der Waals surface area contributed by atoms with Crippen LogP contribution in [0.5, 0.6) is 0 Å². The summed E-state index contributed by atoms with van der Waals surface area (Å²) in [4.78, 5) is 0. The van der Waals surface area contributed by atoms with Crippen LogP contribution in [-0.4, -0.2) is 33.8 Å². The van der Waals surface area contributed by atoms with Crippen molar-refractivity contribution in [3.8, 4) is 0 Å². The van der Waals surface area contributed by atoms with Crippen LogP contribution in [0.25, 0.3) is 0 Å². The normalized spacial score (nSPS) is 21.9. The lowest BCUT2D eigenvalue weighted by Gasteiger charge is -2.09. The number of hydrogen-bond acceptors (Lipinski definition) is 3. The molecule has 0 aromatic carbocycles. The van der Waals surface area contributed by atoms with Gasteiger partial charge >= 0.3 is 0 Å². The minimum Gasteiger partial charge on any atom is -0.316 e. The van der Waals surface area contributed by atoms with Crippen LogP contribution in [0.1, 0.15) is 19.8 Å². The van der Waals surface area contributed by atoms with Crippen LogP contribution in [0.4, 0.5) is 0 Å². The Labute approximate surface area is 92.3 Å². The summed E-state index contributed by atoms with van der Waals surface area (Å²) in [6.07, 6.45) is 1.76. The molecule has 14 heavy (non-hydrogen) atoms. The van der Waals surface area contributed by atoms with E-state index in [9.17, 15) is 8.42 Å². The van der Waals surface area contributed by atoms with Crippen molar-refractivity contribution >= 4 is 22.4 Å². The van der Waals surface area contributed by atoms with Crippen LogP contribution >= 0.6 is 12.4 Å². The van der Waals surface area contributed by atoms with Crippen molar-refractivity contribution in [3.05, 3.63) is 0 Å². The second-order valence-electron chi connectivity index (χ2n) is 3.53. The van der Waals surface area contributed by atoms with Crippen molar-refractivity contribution in [2.75, 3.05) is 25.4 Å². The maximum absolute atomic E-state index is 11.3. The van der Waals surface area contributed by atoms with E-state index >= 15 is 0 Å². The van der Waals surface area contributed by atoms with Gasteiger partial charge in [0.1, 0.15) is 0 Å². The topological polar surface area (TPSA) is 58.2 Å². The van der Waals surface area contributed by atoms with Crippen molar-refractivity contribution in [1.82, 2.24) is 10.0 Å². The first kappa shape index (κ1) is 14.2. The minimum absolute atomic E-state index is 0. The molecular weight excluding hydrogens is 224 g/mol. The van der Waals surface area contributed by atoms with E-state index in [1.807, 2.05) is 6.92 Å². The summed E-state index contributed by atoms with van der Waals surface area (Å²) in [5, 5.41) is 3.21. The Morgan fingerprint density at radius 3 is 2.71 bits per heavy atom. The molecule has 0 radical (unpaired) electrons. The Bertz CT molecular complexity index is 238. The van der Waals surface area contributed by atoms with E-state index in [2.05, 4.69) is 10.0 Å². The molecule has 1 unspecified atom stereocenters. The smallest absolute Gasteiger partial charge is 0.211 e. The zero-order chi connectivity index (χ0) is 9.73. The molecule has 86 valence electrons. The molecule has 1 atom stereocenters. The lowest BCUT2D eigenvalue weighted by molar-refractivity contribution is 0.538. The van der Waals surface area contributed by atoms with Gasteiger partial charge in [0, 0.05) is 6.54 Å². The Balaban J connectivity index is 0.00000169. The van der Waals surface area contributed by atoms with E-state index in [-0.39, 0.29) is 18.2 Å². The third-order valence-electron chi connectivity index (χ3n) is 2.23. The third-order valence-corrected chi connectivity index (χ3v) is 3.78. The molecule has 1 aliphatic heterocycles. The summed E-state index contributed by atoms with van der Waals surface area (Å²) in [7, 11) is -3.00. The van der Waals surface area contributed by atoms with Crippen molar-refractivity contribution in [2.24, 2.45) is 5.92 Å². The average molecular weight is 243 g/mol. The molecule has 1 saturated heterocycles. The van der Waals surface area contributed by atoms with Crippen molar-refractivity contribution in [3.63, 3.8) is 0 Å². The van der Waals surface area contributed by atoms with Gasteiger partial charge in [0.05, 0.1) is 5.75 Å². The summed E-state index contributed by atoms with van der Waals surface area (Å²) in [6.45, 7) is 4.42. The Hall–Kier alpha value is 0.160. The molecule has 0 aromatic heterocycles. The second-order valence-corrected chi connectivity index (χ2v) is 5.45. The first-order valence-electron chi connectivity index (χ1n) is 4.82.